The third-order valence-electron chi connectivity index (χ3n) is 5.96. The molecule has 33 heavy (non-hydrogen) atoms. The average molecular weight is 467 g/mol. The van der Waals surface area contributed by atoms with E-state index in [4.69, 9.17) is 11.6 Å². The Hall–Kier alpha value is -3.46. The van der Waals surface area contributed by atoms with Gasteiger partial charge >= 0.3 is 5.69 Å². The molecule has 3 heterocycles. The summed E-state index contributed by atoms with van der Waals surface area (Å²) in [5.41, 5.74) is 1.33. The number of pyridine rings is 1. The van der Waals surface area contributed by atoms with Gasteiger partial charge in [0.1, 0.15) is 0 Å². The van der Waals surface area contributed by atoms with Crippen LogP contribution in [-0.2, 0) is 16.1 Å². The summed E-state index contributed by atoms with van der Waals surface area (Å²) >= 11 is 5.92. The number of nitrogens with one attached hydrogen (secondary N) is 1. The van der Waals surface area contributed by atoms with Gasteiger partial charge in [0.05, 0.1) is 12.5 Å². The van der Waals surface area contributed by atoms with Gasteiger partial charge in [-0.1, -0.05) is 11.6 Å². The van der Waals surface area contributed by atoms with E-state index in [1.807, 2.05) is 12.1 Å². The van der Waals surface area contributed by atoms with Gasteiger partial charge in [-0.15, -0.1) is 5.10 Å². The highest BCUT2D eigenvalue weighted by Gasteiger charge is 2.35. The molecule has 2 amide bonds. The summed E-state index contributed by atoms with van der Waals surface area (Å²) in [5, 5.41) is 7.95. The standard InChI is InChI=1S/C23H23ClN6O3/c24-17-3-5-18(6-4-17)28-14-16(12-20(28)31)22(32)26-10-11-29-23(33)30(19-7-8-19)21(27-29)15-2-1-9-25-13-15/h1-6,9,13,16,19H,7-8,10-12,14H2,(H,26,32). The Morgan fingerprint density at radius 3 is 2.64 bits per heavy atom. The number of carbonyl (C=O) groups excluding carboxylic acids is 2. The minimum Gasteiger partial charge on any atom is -0.354 e. The van der Waals surface area contributed by atoms with Crippen molar-refractivity contribution in [3.05, 3.63) is 64.3 Å². The lowest BCUT2D eigenvalue weighted by molar-refractivity contribution is -0.126. The van der Waals surface area contributed by atoms with Gasteiger partial charge in [0.25, 0.3) is 0 Å². The zero-order valence-corrected chi connectivity index (χ0v) is 18.6. The Bertz CT molecular complexity index is 1230. The van der Waals surface area contributed by atoms with E-state index in [0.29, 0.717) is 17.4 Å². The second-order valence-corrected chi connectivity index (χ2v) is 8.78. The fourth-order valence-corrected chi connectivity index (χ4v) is 4.23. The number of amides is 2. The van der Waals surface area contributed by atoms with E-state index in [-0.39, 0.29) is 43.1 Å². The Morgan fingerprint density at radius 2 is 1.94 bits per heavy atom. The molecule has 5 rings (SSSR count). The molecule has 1 N–H and O–H groups in total. The third-order valence-corrected chi connectivity index (χ3v) is 6.21. The van der Waals surface area contributed by atoms with Crippen LogP contribution < -0.4 is 15.9 Å². The lowest BCUT2D eigenvalue weighted by atomic mass is 10.1. The summed E-state index contributed by atoms with van der Waals surface area (Å²) < 4.78 is 3.11. The Balaban J connectivity index is 1.22. The van der Waals surface area contributed by atoms with Crippen LogP contribution >= 0.6 is 11.6 Å². The van der Waals surface area contributed by atoms with Crippen LogP contribution in [0.25, 0.3) is 11.4 Å². The van der Waals surface area contributed by atoms with Crippen molar-refractivity contribution in [1.29, 1.82) is 0 Å². The number of rotatable bonds is 7. The molecule has 3 aromatic rings. The number of benzene rings is 1. The van der Waals surface area contributed by atoms with E-state index in [1.54, 1.807) is 46.1 Å². The smallest absolute Gasteiger partial charge is 0.346 e. The highest BCUT2D eigenvalue weighted by atomic mass is 35.5. The van der Waals surface area contributed by atoms with Gasteiger partial charge in [0, 0.05) is 54.2 Å². The third kappa shape index (κ3) is 4.41. The molecule has 2 fully saturated rings. The van der Waals surface area contributed by atoms with E-state index in [0.717, 1.165) is 24.1 Å². The lowest BCUT2D eigenvalue weighted by Crippen LogP contribution is -2.36. The number of nitrogens with zero attached hydrogens (tertiary/aromatic N) is 5. The van der Waals surface area contributed by atoms with Gasteiger partial charge < -0.3 is 10.2 Å². The van der Waals surface area contributed by atoms with E-state index in [2.05, 4.69) is 15.4 Å². The normalized spacial score (nSPS) is 18.0. The van der Waals surface area contributed by atoms with Crippen LogP contribution in [0.5, 0.6) is 0 Å². The molecule has 0 radical (unpaired) electrons. The Labute approximate surface area is 195 Å². The molecule has 1 aliphatic carbocycles. The zero-order valence-electron chi connectivity index (χ0n) is 17.9. The molecular weight excluding hydrogens is 444 g/mol. The largest absolute Gasteiger partial charge is 0.354 e. The molecule has 0 spiro atoms. The van der Waals surface area contributed by atoms with Crippen LogP contribution in [0, 0.1) is 5.92 Å². The average Bonchev–Trinajstić information content (AvgIpc) is 3.50. The number of hydrogen-bond acceptors (Lipinski definition) is 5. The maximum absolute atomic E-state index is 12.9. The van der Waals surface area contributed by atoms with Crippen molar-refractivity contribution in [1.82, 2.24) is 24.6 Å². The molecule has 1 saturated heterocycles. The molecular formula is C23H23ClN6O3. The molecule has 2 aromatic heterocycles. The summed E-state index contributed by atoms with van der Waals surface area (Å²) in [6.07, 6.45) is 5.43. The van der Waals surface area contributed by atoms with E-state index < -0.39 is 5.92 Å². The second-order valence-electron chi connectivity index (χ2n) is 8.35. The molecule has 10 heteroatoms. The van der Waals surface area contributed by atoms with Crippen molar-refractivity contribution >= 4 is 29.1 Å². The minimum absolute atomic E-state index is 0.0991. The maximum Gasteiger partial charge on any atom is 0.346 e. The van der Waals surface area contributed by atoms with Crippen molar-refractivity contribution in [3.8, 4) is 11.4 Å². The van der Waals surface area contributed by atoms with Crippen LogP contribution in [0.3, 0.4) is 0 Å². The van der Waals surface area contributed by atoms with Crippen LogP contribution in [0.15, 0.2) is 53.6 Å². The van der Waals surface area contributed by atoms with Gasteiger partial charge in [-0.3, -0.25) is 19.1 Å². The van der Waals surface area contributed by atoms with Crippen molar-refractivity contribution in [2.24, 2.45) is 5.92 Å². The van der Waals surface area contributed by atoms with Gasteiger partial charge in [-0.05, 0) is 49.2 Å². The number of aromatic nitrogens is 4. The van der Waals surface area contributed by atoms with Crippen LogP contribution in [0.1, 0.15) is 25.3 Å². The SMILES string of the molecule is O=C(NCCn1nc(-c2cccnc2)n(C2CC2)c1=O)C1CC(=O)N(c2ccc(Cl)cc2)C1. The van der Waals surface area contributed by atoms with Crippen LogP contribution in [0.2, 0.25) is 5.02 Å². The van der Waals surface area contributed by atoms with Crippen LogP contribution in [0.4, 0.5) is 5.69 Å². The number of hydrogen-bond donors (Lipinski definition) is 1. The predicted octanol–water partition coefficient (Wildman–Crippen LogP) is 2.26. The Kier molecular flexibility index (Phi) is 5.72. The van der Waals surface area contributed by atoms with Gasteiger partial charge in [-0.2, -0.15) is 0 Å². The summed E-state index contributed by atoms with van der Waals surface area (Å²) in [7, 11) is 0. The second kappa shape index (κ2) is 8.82. The van der Waals surface area contributed by atoms with E-state index in [1.165, 1.54) is 4.68 Å². The molecule has 1 unspecified atom stereocenters. The number of halogens is 1. The Morgan fingerprint density at radius 1 is 1.15 bits per heavy atom. The quantitative estimate of drug-likeness (QED) is 0.575. The van der Waals surface area contributed by atoms with Crippen molar-refractivity contribution in [2.75, 3.05) is 18.0 Å². The first kappa shape index (κ1) is 21.4. The molecule has 1 aliphatic heterocycles. The summed E-state index contributed by atoms with van der Waals surface area (Å²) in [4.78, 5) is 43.7. The van der Waals surface area contributed by atoms with Crippen molar-refractivity contribution in [2.45, 2.75) is 31.8 Å². The first-order valence-corrected chi connectivity index (χ1v) is 11.3. The highest BCUT2D eigenvalue weighted by Crippen LogP contribution is 2.36. The minimum atomic E-state index is -0.445. The highest BCUT2D eigenvalue weighted by molar-refractivity contribution is 6.30. The van der Waals surface area contributed by atoms with Crippen molar-refractivity contribution in [3.63, 3.8) is 0 Å². The number of carbonyl (C=O) groups is 2. The first-order valence-electron chi connectivity index (χ1n) is 10.9. The maximum atomic E-state index is 12.9. The topological polar surface area (TPSA) is 102 Å². The van der Waals surface area contributed by atoms with E-state index in [9.17, 15) is 14.4 Å². The van der Waals surface area contributed by atoms with Gasteiger partial charge in [-0.25, -0.2) is 9.48 Å². The molecule has 1 atom stereocenters. The molecule has 1 saturated carbocycles. The zero-order chi connectivity index (χ0) is 22.9. The van der Waals surface area contributed by atoms with Crippen molar-refractivity contribution < 1.29 is 9.59 Å². The fraction of sp³-hybridized carbons (Fsp3) is 0.348. The molecule has 170 valence electrons. The summed E-state index contributed by atoms with van der Waals surface area (Å²) in [6, 6.07) is 10.8. The molecule has 1 aromatic carbocycles. The number of anilines is 1. The fourth-order valence-electron chi connectivity index (χ4n) is 4.10. The van der Waals surface area contributed by atoms with Crippen LogP contribution in [-0.4, -0.2) is 44.2 Å². The molecule has 0 bridgehead atoms. The first-order chi connectivity index (χ1) is 16.0. The summed E-state index contributed by atoms with van der Waals surface area (Å²) in [5.74, 6) is -0.151. The van der Waals surface area contributed by atoms with Gasteiger partial charge in [0.2, 0.25) is 11.8 Å². The monoisotopic (exact) mass is 466 g/mol. The van der Waals surface area contributed by atoms with E-state index >= 15 is 0 Å². The lowest BCUT2D eigenvalue weighted by Gasteiger charge is -2.16. The summed E-state index contributed by atoms with van der Waals surface area (Å²) in [6.45, 7) is 0.811. The molecule has 9 nitrogen and oxygen atoms in total. The van der Waals surface area contributed by atoms with Gasteiger partial charge in [0.15, 0.2) is 5.82 Å². The molecule has 2 aliphatic rings. The predicted molar refractivity (Wildman–Crippen MR) is 123 cm³/mol.